The van der Waals surface area contributed by atoms with Gasteiger partial charge in [0.05, 0.1) is 20.7 Å². The smallest absolute Gasteiger partial charge is 0.0588 e. The molecule has 0 amide bonds. The zero-order chi connectivity index (χ0) is 12.4. The van der Waals surface area contributed by atoms with Gasteiger partial charge in [-0.2, -0.15) is 0 Å². The van der Waals surface area contributed by atoms with Crippen molar-refractivity contribution in [1.29, 1.82) is 0 Å². The molecule has 94 valence electrons. The number of hydrogen-bond donors (Lipinski definition) is 1. The Morgan fingerprint density at radius 2 is 2.18 bits per heavy atom. The molecule has 2 nitrogen and oxygen atoms in total. The molecule has 1 aromatic carbocycles. The molecule has 0 saturated heterocycles. The number of nitrogen functional groups attached to an aromatic ring is 1. The predicted octanol–water partition coefficient (Wildman–Crippen LogP) is 3.61. The predicted molar refractivity (Wildman–Crippen MR) is 73.7 cm³/mol. The van der Waals surface area contributed by atoms with Crippen molar-refractivity contribution in [2.24, 2.45) is 5.92 Å². The normalized spacial score (nSPS) is 26.7. The van der Waals surface area contributed by atoms with Crippen molar-refractivity contribution < 1.29 is 4.21 Å². The van der Waals surface area contributed by atoms with Crippen LogP contribution in [0.5, 0.6) is 0 Å². The summed E-state index contributed by atoms with van der Waals surface area (Å²) in [6, 6.07) is 5.25. The molecule has 0 heterocycles. The van der Waals surface area contributed by atoms with Crippen molar-refractivity contribution in [2.45, 2.75) is 42.8 Å². The minimum Gasteiger partial charge on any atom is -0.399 e. The highest BCUT2D eigenvalue weighted by Gasteiger charge is 2.25. The quantitative estimate of drug-likeness (QED) is 0.835. The number of rotatable bonds is 2. The van der Waals surface area contributed by atoms with E-state index in [1.807, 2.05) is 0 Å². The van der Waals surface area contributed by atoms with E-state index >= 15 is 0 Å². The third-order valence-electron chi connectivity index (χ3n) is 3.36. The summed E-state index contributed by atoms with van der Waals surface area (Å²) in [6.07, 6.45) is 4.50. The highest BCUT2D eigenvalue weighted by atomic mass is 35.5. The minimum atomic E-state index is -0.998. The van der Waals surface area contributed by atoms with Gasteiger partial charge in [-0.15, -0.1) is 0 Å². The van der Waals surface area contributed by atoms with E-state index in [1.165, 1.54) is 12.8 Å². The van der Waals surface area contributed by atoms with E-state index in [2.05, 4.69) is 6.92 Å². The molecular formula is C13H18ClNOS. The molecule has 1 fully saturated rings. The van der Waals surface area contributed by atoms with E-state index < -0.39 is 10.8 Å². The van der Waals surface area contributed by atoms with Crippen LogP contribution >= 0.6 is 11.6 Å². The van der Waals surface area contributed by atoms with Crippen LogP contribution in [0.2, 0.25) is 5.02 Å². The summed E-state index contributed by atoms with van der Waals surface area (Å²) in [7, 11) is -0.998. The van der Waals surface area contributed by atoms with Crippen LogP contribution in [0.1, 0.15) is 32.6 Å². The fraction of sp³-hybridized carbons (Fsp3) is 0.538. The largest absolute Gasteiger partial charge is 0.399 e. The van der Waals surface area contributed by atoms with Crippen LogP contribution in [0.25, 0.3) is 0 Å². The summed E-state index contributed by atoms with van der Waals surface area (Å²) >= 11 is 6.11. The zero-order valence-corrected chi connectivity index (χ0v) is 11.6. The molecule has 17 heavy (non-hydrogen) atoms. The SMILES string of the molecule is CC1CCCC(S(=O)c2ccc(N)cc2Cl)C1. The lowest BCUT2D eigenvalue weighted by Crippen LogP contribution is -2.23. The monoisotopic (exact) mass is 271 g/mol. The van der Waals surface area contributed by atoms with E-state index in [0.717, 1.165) is 17.7 Å². The summed E-state index contributed by atoms with van der Waals surface area (Å²) in [5.41, 5.74) is 6.26. The van der Waals surface area contributed by atoms with Crippen LogP contribution in [0.4, 0.5) is 5.69 Å². The summed E-state index contributed by atoms with van der Waals surface area (Å²) < 4.78 is 12.5. The first-order valence-electron chi connectivity index (χ1n) is 6.03. The van der Waals surface area contributed by atoms with Crippen LogP contribution in [0.3, 0.4) is 0 Å². The fourth-order valence-corrected chi connectivity index (χ4v) is 4.55. The maximum atomic E-state index is 12.5. The second kappa shape index (κ2) is 5.40. The molecule has 3 atom stereocenters. The lowest BCUT2D eigenvalue weighted by atomic mass is 9.91. The number of anilines is 1. The summed E-state index contributed by atoms with van der Waals surface area (Å²) in [5, 5.41) is 0.779. The average Bonchev–Trinajstić information content (AvgIpc) is 2.28. The molecule has 0 spiro atoms. The standard InChI is InChI=1S/C13H18ClNOS/c1-9-3-2-4-11(7-9)17(16)13-6-5-10(15)8-12(13)14/h5-6,8-9,11H,2-4,7,15H2,1H3. The molecule has 4 heteroatoms. The second-order valence-electron chi connectivity index (χ2n) is 4.88. The molecule has 2 rings (SSSR count). The van der Waals surface area contributed by atoms with Crippen molar-refractivity contribution >= 4 is 28.1 Å². The Labute approximate surface area is 110 Å². The van der Waals surface area contributed by atoms with Gasteiger partial charge in [0, 0.05) is 10.9 Å². The van der Waals surface area contributed by atoms with Crippen molar-refractivity contribution in [3.63, 3.8) is 0 Å². The zero-order valence-electron chi connectivity index (χ0n) is 9.99. The van der Waals surface area contributed by atoms with E-state index in [0.29, 0.717) is 16.6 Å². The molecule has 0 aliphatic heterocycles. The van der Waals surface area contributed by atoms with Gasteiger partial charge in [0.25, 0.3) is 0 Å². The van der Waals surface area contributed by atoms with Gasteiger partial charge in [-0.3, -0.25) is 4.21 Å². The molecule has 0 bridgehead atoms. The van der Waals surface area contributed by atoms with Gasteiger partial charge in [-0.25, -0.2) is 0 Å². The second-order valence-corrected chi connectivity index (χ2v) is 6.99. The molecular weight excluding hydrogens is 254 g/mol. The van der Waals surface area contributed by atoms with Gasteiger partial charge in [-0.1, -0.05) is 31.4 Å². The van der Waals surface area contributed by atoms with Crippen LogP contribution < -0.4 is 5.73 Å². The van der Waals surface area contributed by atoms with E-state index in [1.54, 1.807) is 18.2 Å². The van der Waals surface area contributed by atoms with Crippen LogP contribution in [0.15, 0.2) is 23.1 Å². The van der Waals surface area contributed by atoms with Crippen LogP contribution in [0, 0.1) is 5.92 Å². The Balaban J connectivity index is 2.18. The number of hydrogen-bond acceptors (Lipinski definition) is 2. The molecule has 1 saturated carbocycles. The van der Waals surface area contributed by atoms with Crippen LogP contribution in [-0.2, 0) is 10.8 Å². The van der Waals surface area contributed by atoms with Gasteiger partial charge in [0.2, 0.25) is 0 Å². The fourth-order valence-electron chi connectivity index (χ4n) is 2.43. The minimum absolute atomic E-state index is 0.250. The number of nitrogens with two attached hydrogens (primary N) is 1. The van der Waals surface area contributed by atoms with Gasteiger partial charge in [0.15, 0.2) is 0 Å². The molecule has 3 unspecified atom stereocenters. The molecule has 0 radical (unpaired) electrons. The van der Waals surface area contributed by atoms with Crippen molar-refractivity contribution in [1.82, 2.24) is 0 Å². The molecule has 0 aromatic heterocycles. The Kier molecular flexibility index (Phi) is 4.10. The number of halogens is 1. The summed E-state index contributed by atoms with van der Waals surface area (Å²) in [5.74, 6) is 0.672. The van der Waals surface area contributed by atoms with E-state index in [4.69, 9.17) is 17.3 Å². The highest BCUT2D eigenvalue weighted by molar-refractivity contribution is 7.85. The maximum Gasteiger partial charge on any atom is 0.0588 e. The lowest BCUT2D eigenvalue weighted by molar-refractivity contribution is 0.389. The summed E-state index contributed by atoms with van der Waals surface area (Å²) in [6.45, 7) is 2.23. The van der Waals surface area contributed by atoms with E-state index in [-0.39, 0.29) is 5.25 Å². The third-order valence-corrected chi connectivity index (χ3v) is 5.61. The highest BCUT2D eigenvalue weighted by Crippen LogP contribution is 2.32. The van der Waals surface area contributed by atoms with Crippen molar-refractivity contribution in [2.75, 3.05) is 5.73 Å². The lowest BCUT2D eigenvalue weighted by Gasteiger charge is -2.26. The topological polar surface area (TPSA) is 43.1 Å². The first-order valence-corrected chi connectivity index (χ1v) is 7.62. The van der Waals surface area contributed by atoms with Crippen molar-refractivity contribution in [3.8, 4) is 0 Å². The first kappa shape index (κ1) is 12.9. The van der Waals surface area contributed by atoms with Crippen molar-refractivity contribution in [3.05, 3.63) is 23.2 Å². The Hall–Kier alpha value is -0.540. The summed E-state index contributed by atoms with van der Waals surface area (Å²) in [4.78, 5) is 0.736. The maximum absolute atomic E-state index is 12.5. The van der Waals surface area contributed by atoms with Gasteiger partial charge >= 0.3 is 0 Å². The molecule has 2 N–H and O–H groups in total. The first-order chi connectivity index (χ1) is 8.08. The van der Waals surface area contributed by atoms with Gasteiger partial charge in [0.1, 0.15) is 0 Å². The average molecular weight is 272 g/mol. The van der Waals surface area contributed by atoms with Gasteiger partial charge in [-0.05, 0) is 37.0 Å². The Morgan fingerprint density at radius 1 is 1.41 bits per heavy atom. The Morgan fingerprint density at radius 3 is 2.82 bits per heavy atom. The molecule has 1 aromatic rings. The molecule has 1 aliphatic rings. The molecule has 1 aliphatic carbocycles. The Bertz CT molecular complexity index is 435. The van der Waals surface area contributed by atoms with Gasteiger partial charge < -0.3 is 5.73 Å². The third kappa shape index (κ3) is 3.02. The number of benzene rings is 1. The van der Waals surface area contributed by atoms with E-state index in [9.17, 15) is 4.21 Å². The van der Waals surface area contributed by atoms with Crippen LogP contribution in [-0.4, -0.2) is 9.46 Å².